The van der Waals surface area contributed by atoms with Crippen molar-refractivity contribution in [3.05, 3.63) is 47.8 Å². The maximum absolute atomic E-state index is 14.3. The summed E-state index contributed by atoms with van der Waals surface area (Å²) < 4.78 is 25.2. The number of ether oxygens (including phenoxy) is 2. The van der Waals surface area contributed by atoms with E-state index in [1.807, 2.05) is 24.3 Å². The van der Waals surface area contributed by atoms with Gasteiger partial charge in [0.1, 0.15) is 11.6 Å². The van der Waals surface area contributed by atoms with Crippen molar-refractivity contribution in [3.8, 4) is 5.75 Å². The SMILES string of the molecule is CN1C(=O)COc2cc(Sc3cc(F)cc(C4(Cl)CCOCC4)c3)ccc21. The molecule has 0 aromatic heterocycles. The summed E-state index contributed by atoms with van der Waals surface area (Å²) in [7, 11) is 1.73. The molecule has 4 nitrogen and oxygen atoms in total. The van der Waals surface area contributed by atoms with Crippen LogP contribution in [0.15, 0.2) is 46.2 Å². The summed E-state index contributed by atoms with van der Waals surface area (Å²) in [5.74, 6) is 0.263. The standard InChI is InChI=1S/C20H19ClFNO3S/c1-23-17-3-2-15(11-18(17)26-12-19(23)24)27-16-9-13(8-14(22)10-16)20(21)4-6-25-7-5-20/h2-3,8-11H,4-7,12H2,1H3. The van der Waals surface area contributed by atoms with E-state index < -0.39 is 4.87 Å². The van der Waals surface area contributed by atoms with Gasteiger partial charge in [0.2, 0.25) is 0 Å². The number of amides is 1. The molecule has 0 unspecified atom stereocenters. The second-order valence-corrected chi connectivity index (χ2v) is 8.60. The average Bonchev–Trinajstić information content (AvgIpc) is 2.65. The van der Waals surface area contributed by atoms with Crippen LogP contribution in [0.2, 0.25) is 0 Å². The Bertz CT molecular complexity index is 886. The first-order chi connectivity index (χ1) is 12.9. The van der Waals surface area contributed by atoms with Gasteiger partial charge in [0.05, 0.1) is 10.6 Å². The average molecular weight is 408 g/mol. The second-order valence-electron chi connectivity index (χ2n) is 6.73. The summed E-state index contributed by atoms with van der Waals surface area (Å²) in [4.78, 5) is 14.4. The lowest BCUT2D eigenvalue weighted by molar-refractivity contribution is -0.120. The monoisotopic (exact) mass is 407 g/mol. The molecule has 4 rings (SSSR count). The Hall–Kier alpha value is -1.76. The summed E-state index contributed by atoms with van der Waals surface area (Å²) in [5.41, 5.74) is 1.52. The van der Waals surface area contributed by atoms with E-state index in [0.29, 0.717) is 31.8 Å². The summed E-state index contributed by atoms with van der Waals surface area (Å²) in [6.45, 7) is 1.19. The van der Waals surface area contributed by atoms with Crippen LogP contribution in [0.5, 0.6) is 5.75 Å². The van der Waals surface area contributed by atoms with E-state index >= 15 is 0 Å². The first kappa shape index (κ1) is 18.6. The van der Waals surface area contributed by atoms with E-state index in [0.717, 1.165) is 21.0 Å². The Balaban J connectivity index is 1.61. The third kappa shape index (κ3) is 3.79. The summed E-state index contributed by atoms with van der Waals surface area (Å²) in [6.07, 6.45) is 1.32. The third-order valence-corrected chi connectivity index (χ3v) is 6.48. The van der Waals surface area contributed by atoms with E-state index in [4.69, 9.17) is 21.1 Å². The van der Waals surface area contributed by atoms with Crippen molar-refractivity contribution in [1.82, 2.24) is 0 Å². The number of carbonyl (C=O) groups is 1. The van der Waals surface area contributed by atoms with Gasteiger partial charge in [-0.1, -0.05) is 11.8 Å². The highest BCUT2D eigenvalue weighted by Crippen LogP contribution is 2.42. The molecule has 1 amide bonds. The molecule has 0 radical (unpaired) electrons. The van der Waals surface area contributed by atoms with Gasteiger partial charge in [0.15, 0.2) is 6.61 Å². The highest BCUT2D eigenvalue weighted by Gasteiger charge is 2.33. The first-order valence-electron chi connectivity index (χ1n) is 8.74. The second kappa shape index (κ2) is 7.34. The molecule has 2 aromatic carbocycles. The molecule has 7 heteroatoms. The lowest BCUT2D eigenvalue weighted by Gasteiger charge is -2.32. The fraction of sp³-hybridized carbons (Fsp3) is 0.350. The molecule has 0 bridgehead atoms. The van der Waals surface area contributed by atoms with Crippen LogP contribution in [0.25, 0.3) is 0 Å². The summed E-state index contributed by atoms with van der Waals surface area (Å²) in [5, 5.41) is 0. The molecule has 0 spiro atoms. The van der Waals surface area contributed by atoms with Crippen LogP contribution < -0.4 is 9.64 Å². The Kier molecular flexibility index (Phi) is 5.05. The van der Waals surface area contributed by atoms with Crippen molar-refractivity contribution in [3.63, 3.8) is 0 Å². The third-order valence-electron chi connectivity index (χ3n) is 4.93. The van der Waals surface area contributed by atoms with E-state index in [1.54, 1.807) is 11.9 Å². The van der Waals surface area contributed by atoms with Gasteiger partial charge in [-0.2, -0.15) is 0 Å². The lowest BCUT2D eigenvalue weighted by atomic mass is 9.90. The Morgan fingerprint density at radius 3 is 2.70 bits per heavy atom. The van der Waals surface area contributed by atoms with Crippen molar-refractivity contribution in [2.24, 2.45) is 0 Å². The van der Waals surface area contributed by atoms with Gasteiger partial charge in [-0.15, -0.1) is 11.6 Å². The predicted octanol–water partition coefficient (Wildman–Crippen LogP) is 4.58. The number of carbonyl (C=O) groups excluding carboxylic acids is 1. The molecule has 2 aliphatic heterocycles. The number of likely N-dealkylation sites (N-methyl/N-ethyl adjacent to an activating group) is 1. The van der Waals surface area contributed by atoms with Gasteiger partial charge in [0.25, 0.3) is 5.91 Å². The predicted molar refractivity (Wildman–Crippen MR) is 103 cm³/mol. The van der Waals surface area contributed by atoms with E-state index in [9.17, 15) is 9.18 Å². The molecule has 0 saturated carbocycles. The smallest absolute Gasteiger partial charge is 0.264 e. The normalized spacial score (nSPS) is 18.8. The van der Waals surface area contributed by atoms with Crippen molar-refractivity contribution < 1.29 is 18.7 Å². The van der Waals surface area contributed by atoms with Crippen molar-refractivity contribution in [1.29, 1.82) is 0 Å². The molecule has 2 aliphatic rings. The number of alkyl halides is 1. The first-order valence-corrected chi connectivity index (χ1v) is 9.93. The fourth-order valence-electron chi connectivity index (χ4n) is 3.32. The molecule has 142 valence electrons. The van der Waals surface area contributed by atoms with Crippen LogP contribution in [0.4, 0.5) is 10.1 Å². The molecular formula is C20H19ClFNO3S. The van der Waals surface area contributed by atoms with E-state index in [-0.39, 0.29) is 18.3 Å². The van der Waals surface area contributed by atoms with Gasteiger partial charge in [-0.25, -0.2) is 4.39 Å². The van der Waals surface area contributed by atoms with Crippen LogP contribution >= 0.6 is 23.4 Å². The lowest BCUT2D eigenvalue weighted by Crippen LogP contribution is -2.35. The number of benzene rings is 2. The van der Waals surface area contributed by atoms with Crippen LogP contribution in [0.1, 0.15) is 18.4 Å². The quantitative estimate of drug-likeness (QED) is 0.698. The number of anilines is 1. The van der Waals surface area contributed by atoms with Gasteiger partial charge >= 0.3 is 0 Å². The molecule has 2 heterocycles. The van der Waals surface area contributed by atoms with Crippen molar-refractivity contribution in [2.45, 2.75) is 27.5 Å². The van der Waals surface area contributed by atoms with Gasteiger partial charge in [0, 0.05) is 30.1 Å². The highest BCUT2D eigenvalue weighted by molar-refractivity contribution is 7.99. The zero-order valence-corrected chi connectivity index (χ0v) is 16.4. The zero-order valence-electron chi connectivity index (χ0n) is 14.8. The molecule has 2 aromatic rings. The molecule has 27 heavy (non-hydrogen) atoms. The topological polar surface area (TPSA) is 38.8 Å². The van der Waals surface area contributed by atoms with E-state index in [2.05, 4.69) is 0 Å². The number of rotatable bonds is 3. The summed E-state index contributed by atoms with van der Waals surface area (Å²) >= 11 is 8.20. The molecule has 0 aliphatic carbocycles. The maximum atomic E-state index is 14.3. The number of hydrogen-bond donors (Lipinski definition) is 0. The van der Waals surface area contributed by atoms with Crippen LogP contribution in [-0.2, 0) is 14.4 Å². The van der Waals surface area contributed by atoms with Gasteiger partial charge in [-0.05, 0) is 54.8 Å². The Morgan fingerprint density at radius 2 is 1.93 bits per heavy atom. The zero-order chi connectivity index (χ0) is 19.0. The minimum atomic E-state index is -0.586. The van der Waals surface area contributed by atoms with Crippen molar-refractivity contribution in [2.75, 3.05) is 31.8 Å². The van der Waals surface area contributed by atoms with Crippen LogP contribution in [-0.4, -0.2) is 32.8 Å². The Labute approximate surface area is 166 Å². The highest BCUT2D eigenvalue weighted by atomic mass is 35.5. The molecule has 0 N–H and O–H groups in total. The number of fused-ring (bicyclic) bond motifs is 1. The molecule has 1 fully saturated rings. The molecule has 0 atom stereocenters. The number of halogens is 2. The summed E-state index contributed by atoms with van der Waals surface area (Å²) in [6, 6.07) is 10.6. The molecular weight excluding hydrogens is 389 g/mol. The van der Waals surface area contributed by atoms with Crippen molar-refractivity contribution >= 4 is 35.0 Å². The minimum Gasteiger partial charge on any atom is -0.482 e. The van der Waals surface area contributed by atoms with E-state index in [1.165, 1.54) is 23.9 Å². The Morgan fingerprint density at radius 1 is 1.15 bits per heavy atom. The number of hydrogen-bond acceptors (Lipinski definition) is 4. The molecule has 1 saturated heterocycles. The number of nitrogens with zero attached hydrogens (tertiary/aromatic N) is 1. The minimum absolute atomic E-state index is 0.0264. The maximum Gasteiger partial charge on any atom is 0.264 e. The van der Waals surface area contributed by atoms with Crippen LogP contribution in [0, 0.1) is 5.82 Å². The van der Waals surface area contributed by atoms with Gasteiger partial charge in [-0.3, -0.25) is 4.79 Å². The van der Waals surface area contributed by atoms with Crippen LogP contribution in [0.3, 0.4) is 0 Å². The fourth-order valence-corrected chi connectivity index (χ4v) is 4.52. The largest absolute Gasteiger partial charge is 0.482 e. The van der Waals surface area contributed by atoms with Gasteiger partial charge < -0.3 is 14.4 Å².